The van der Waals surface area contributed by atoms with E-state index in [2.05, 4.69) is 20.9 Å². The summed E-state index contributed by atoms with van der Waals surface area (Å²) in [5.74, 6) is 1.42. The van der Waals surface area contributed by atoms with Crippen LogP contribution in [0, 0.1) is 18.2 Å². The quantitative estimate of drug-likeness (QED) is 0.571. The highest BCUT2D eigenvalue weighted by atomic mass is 19.1. The van der Waals surface area contributed by atoms with Crippen LogP contribution in [0.4, 0.5) is 4.39 Å². The number of nitrogens with zero attached hydrogens (tertiary/aromatic N) is 4. The zero-order valence-electron chi connectivity index (χ0n) is 16.6. The molecule has 1 atom stereocenters. The van der Waals surface area contributed by atoms with Crippen LogP contribution in [0.2, 0.25) is 0 Å². The van der Waals surface area contributed by atoms with Gasteiger partial charge in [0.05, 0.1) is 24.4 Å². The molecule has 1 amide bonds. The highest BCUT2D eigenvalue weighted by molar-refractivity contribution is 5.99. The number of benzene rings is 1. The molecule has 0 saturated heterocycles. The number of nitrogens with two attached hydrogens (primary N) is 1. The highest BCUT2D eigenvalue weighted by Gasteiger charge is 2.38. The molecule has 1 unspecified atom stereocenters. The first-order valence-corrected chi connectivity index (χ1v) is 9.06. The number of aliphatic imine (C=N–C) groups is 1. The summed E-state index contributed by atoms with van der Waals surface area (Å²) in [6.45, 7) is 1.68. The zero-order valence-corrected chi connectivity index (χ0v) is 16.6. The van der Waals surface area contributed by atoms with Crippen molar-refractivity contribution in [3.63, 3.8) is 0 Å². The van der Waals surface area contributed by atoms with E-state index >= 15 is 0 Å². The van der Waals surface area contributed by atoms with Crippen LogP contribution in [-0.2, 0) is 16.8 Å². The number of hydrogen-bond donors (Lipinski definition) is 1. The molecule has 2 heterocycles. The molecule has 8 nitrogen and oxygen atoms in total. The highest BCUT2D eigenvalue weighted by Crippen LogP contribution is 2.35. The van der Waals surface area contributed by atoms with E-state index < -0.39 is 11.4 Å². The Bertz CT molecular complexity index is 1060. The molecule has 1 aromatic heterocycles. The predicted molar refractivity (Wildman–Crippen MR) is 107 cm³/mol. The largest absolute Gasteiger partial charge is 0.463 e. The Hall–Kier alpha value is -3.80. The van der Waals surface area contributed by atoms with Gasteiger partial charge in [-0.3, -0.25) is 14.5 Å². The number of Topliss-reactive ketones (excluding diaryl/α,β-unsaturated/α-hetero) is 1. The van der Waals surface area contributed by atoms with Gasteiger partial charge in [-0.2, -0.15) is 0 Å². The number of aromatic nitrogens is 2. The minimum atomic E-state index is -1.16. The number of carbonyl (C=O) groups is 2. The van der Waals surface area contributed by atoms with Gasteiger partial charge in [0.25, 0.3) is 0 Å². The molecule has 1 aliphatic heterocycles. The van der Waals surface area contributed by atoms with Crippen LogP contribution in [0.5, 0.6) is 5.88 Å². The van der Waals surface area contributed by atoms with Crippen LogP contribution >= 0.6 is 0 Å². The molecular formula is C21H20FN5O3. The van der Waals surface area contributed by atoms with Gasteiger partial charge in [-0.25, -0.2) is 19.4 Å². The van der Waals surface area contributed by atoms with Gasteiger partial charge in [-0.15, -0.1) is 6.42 Å². The maximum Gasteiger partial charge on any atom is 0.233 e. The fourth-order valence-electron chi connectivity index (χ4n) is 3.09. The summed E-state index contributed by atoms with van der Waals surface area (Å²) >= 11 is 0. The molecule has 154 valence electrons. The van der Waals surface area contributed by atoms with Gasteiger partial charge >= 0.3 is 0 Å². The Morgan fingerprint density at radius 1 is 1.40 bits per heavy atom. The third-order valence-corrected chi connectivity index (χ3v) is 4.77. The number of carbonyl (C=O) groups excluding carboxylic acids is 2. The summed E-state index contributed by atoms with van der Waals surface area (Å²) in [6, 6.07) is 4.28. The van der Waals surface area contributed by atoms with E-state index in [1.165, 1.54) is 42.5 Å². The second kappa shape index (κ2) is 8.29. The van der Waals surface area contributed by atoms with E-state index in [0.29, 0.717) is 5.56 Å². The molecule has 2 aromatic rings. The first-order chi connectivity index (χ1) is 14.2. The molecule has 30 heavy (non-hydrogen) atoms. The second-order valence-electron chi connectivity index (χ2n) is 7.02. The second-order valence-corrected chi connectivity index (χ2v) is 7.02. The fourth-order valence-corrected chi connectivity index (χ4v) is 3.09. The molecule has 0 saturated carbocycles. The van der Waals surface area contributed by atoms with Gasteiger partial charge in [0.1, 0.15) is 11.5 Å². The lowest BCUT2D eigenvalue weighted by molar-refractivity contribution is -0.128. The van der Waals surface area contributed by atoms with Crippen LogP contribution in [-0.4, -0.2) is 46.2 Å². The fraction of sp³-hybridized carbons (Fsp3) is 0.286. The first-order valence-electron chi connectivity index (χ1n) is 9.06. The van der Waals surface area contributed by atoms with E-state index in [9.17, 15) is 14.0 Å². The van der Waals surface area contributed by atoms with Crippen LogP contribution in [0.3, 0.4) is 0 Å². The standard InChI is InChI=1S/C21H20FN5O3/c1-4-7-30-18-12-24-16(11-25-18)17(28)9-13-5-6-15(22)14(8-13)21(2)10-19(29)27(3)20(23)26-21/h1,5-6,8,11-12H,7,9-10H2,2-3H3,(H2,23,26). The van der Waals surface area contributed by atoms with Crippen LogP contribution < -0.4 is 10.5 Å². The number of halogens is 1. The van der Waals surface area contributed by atoms with E-state index in [-0.39, 0.29) is 54.2 Å². The summed E-state index contributed by atoms with van der Waals surface area (Å²) in [6.07, 6.45) is 7.64. The molecule has 9 heteroatoms. The molecule has 0 spiro atoms. The minimum absolute atomic E-state index is 0.0112. The van der Waals surface area contributed by atoms with Crippen molar-refractivity contribution in [3.05, 3.63) is 53.2 Å². The van der Waals surface area contributed by atoms with Crippen molar-refractivity contribution in [2.45, 2.75) is 25.3 Å². The van der Waals surface area contributed by atoms with Crippen molar-refractivity contribution in [1.82, 2.24) is 14.9 Å². The van der Waals surface area contributed by atoms with Gasteiger partial charge in [0, 0.05) is 19.0 Å². The summed E-state index contributed by atoms with van der Waals surface area (Å²) in [5.41, 5.74) is 5.53. The average Bonchev–Trinajstić information content (AvgIpc) is 2.72. The minimum Gasteiger partial charge on any atom is -0.463 e. The monoisotopic (exact) mass is 409 g/mol. The van der Waals surface area contributed by atoms with E-state index in [0.717, 1.165) is 0 Å². The smallest absolute Gasteiger partial charge is 0.233 e. The number of guanidine groups is 1. The van der Waals surface area contributed by atoms with Crippen molar-refractivity contribution in [1.29, 1.82) is 0 Å². The van der Waals surface area contributed by atoms with Gasteiger partial charge < -0.3 is 10.5 Å². The number of rotatable bonds is 6. The zero-order chi connectivity index (χ0) is 21.9. The summed E-state index contributed by atoms with van der Waals surface area (Å²) < 4.78 is 19.7. The third kappa shape index (κ3) is 4.27. The predicted octanol–water partition coefficient (Wildman–Crippen LogP) is 1.45. The molecule has 2 N–H and O–H groups in total. The van der Waals surface area contributed by atoms with Crippen molar-refractivity contribution in [2.75, 3.05) is 13.7 Å². The molecule has 0 bridgehead atoms. The molecule has 0 radical (unpaired) electrons. The Morgan fingerprint density at radius 2 is 2.17 bits per heavy atom. The SMILES string of the molecule is C#CCOc1cnc(C(=O)Cc2ccc(F)c(C3(C)CC(=O)N(C)C(N)=N3)c2)cn1. The molecular weight excluding hydrogens is 389 g/mol. The Morgan fingerprint density at radius 3 is 2.80 bits per heavy atom. The summed E-state index contributed by atoms with van der Waals surface area (Å²) in [4.78, 5) is 38.3. The topological polar surface area (TPSA) is 111 Å². The summed E-state index contributed by atoms with van der Waals surface area (Å²) in [7, 11) is 1.51. The lowest BCUT2D eigenvalue weighted by atomic mass is 9.85. The summed E-state index contributed by atoms with van der Waals surface area (Å²) in [5, 5.41) is 0. The van der Waals surface area contributed by atoms with Crippen molar-refractivity contribution >= 4 is 17.6 Å². The van der Waals surface area contributed by atoms with Crippen molar-refractivity contribution < 1.29 is 18.7 Å². The Kier molecular flexibility index (Phi) is 5.78. The molecule has 0 fully saturated rings. The Labute approximate surface area is 173 Å². The molecule has 1 aliphatic rings. The van der Waals surface area contributed by atoms with Gasteiger partial charge in [-0.1, -0.05) is 12.0 Å². The van der Waals surface area contributed by atoms with Crippen molar-refractivity contribution in [3.8, 4) is 18.2 Å². The van der Waals surface area contributed by atoms with Crippen LogP contribution in [0.15, 0.2) is 35.6 Å². The molecule has 3 rings (SSSR count). The average molecular weight is 409 g/mol. The lowest BCUT2D eigenvalue weighted by Crippen LogP contribution is -2.47. The number of ether oxygens (including phenoxy) is 1. The van der Waals surface area contributed by atoms with E-state index in [1.54, 1.807) is 6.92 Å². The Balaban J connectivity index is 1.83. The number of hydrogen-bond acceptors (Lipinski definition) is 7. The molecule has 0 aliphatic carbocycles. The normalized spacial score (nSPS) is 18.5. The third-order valence-electron chi connectivity index (χ3n) is 4.77. The molecule has 1 aromatic carbocycles. The number of amides is 1. The number of terminal acetylenes is 1. The lowest BCUT2D eigenvalue weighted by Gasteiger charge is -2.34. The van der Waals surface area contributed by atoms with Gasteiger partial charge in [0.15, 0.2) is 18.3 Å². The number of ketones is 1. The van der Waals surface area contributed by atoms with E-state index in [1.807, 2.05) is 0 Å². The van der Waals surface area contributed by atoms with Gasteiger partial charge in [-0.05, 0) is 24.6 Å². The van der Waals surface area contributed by atoms with Crippen LogP contribution in [0.25, 0.3) is 0 Å². The van der Waals surface area contributed by atoms with Crippen molar-refractivity contribution in [2.24, 2.45) is 10.7 Å². The maximum absolute atomic E-state index is 14.6. The van der Waals surface area contributed by atoms with E-state index in [4.69, 9.17) is 16.9 Å². The maximum atomic E-state index is 14.6. The van der Waals surface area contributed by atoms with Crippen LogP contribution in [0.1, 0.15) is 35.0 Å². The van der Waals surface area contributed by atoms with Gasteiger partial charge in [0.2, 0.25) is 11.8 Å². The first kappa shape index (κ1) is 20.9.